The standard InChI is InChI=1S/C17H22N2O3S/c1-2-9-19-16(20)14(23-17(19)21)12-13-7-8-15(22-13)18-10-5-3-4-6-11-18/h7-8,12H,2-6,9-11H2,1H3/b14-12+. The lowest BCUT2D eigenvalue weighted by Crippen LogP contribution is -2.28. The highest BCUT2D eigenvalue weighted by molar-refractivity contribution is 8.18. The van der Waals surface area contributed by atoms with Crippen molar-refractivity contribution in [2.75, 3.05) is 24.5 Å². The van der Waals surface area contributed by atoms with Gasteiger partial charge < -0.3 is 9.32 Å². The number of amides is 2. The number of rotatable bonds is 4. The van der Waals surface area contributed by atoms with Crippen LogP contribution in [0.3, 0.4) is 0 Å². The van der Waals surface area contributed by atoms with Gasteiger partial charge in [0.25, 0.3) is 11.1 Å². The van der Waals surface area contributed by atoms with Crippen LogP contribution in [-0.2, 0) is 4.79 Å². The van der Waals surface area contributed by atoms with Crippen molar-refractivity contribution in [2.24, 2.45) is 0 Å². The summed E-state index contributed by atoms with van der Waals surface area (Å²) in [4.78, 5) is 28.1. The predicted molar refractivity (Wildman–Crippen MR) is 92.4 cm³/mol. The van der Waals surface area contributed by atoms with Crippen LogP contribution in [0.25, 0.3) is 6.08 Å². The molecule has 5 nitrogen and oxygen atoms in total. The van der Waals surface area contributed by atoms with Crippen LogP contribution in [-0.4, -0.2) is 35.7 Å². The van der Waals surface area contributed by atoms with E-state index in [0.717, 1.165) is 37.2 Å². The van der Waals surface area contributed by atoms with Crippen LogP contribution in [0.1, 0.15) is 44.8 Å². The van der Waals surface area contributed by atoms with Gasteiger partial charge in [0.2, 0.25) is 0 Å². The summed E-state index contributed by atoms with van der Waals surface area (Å²) < 4.78 is 5.87. The Labute approximate surface area is 140 Å². The summed E-state index contributed by atoms with van der Waals surface area (Å²) in [6.07, 6.45) is 7.37. The van der Waals surface area contributed by atoms with Gasteiger partial charge in [-0.05, 0) is 37.1 Å². The zero-order chi connectivity index (χ0) is 16.2. The van der Waals surface area contributed by atoms with Gasteiger partial charge in [-0.25, -0.2) is 0 Å². The highest BCUT2D eigenvalue weighted by Crippen LogP contribution is 2.33. The highest BCUT2D eigenvalue weighted by atomic mass is 32.2. The number of hydrogen-bond donors (Lipinski definition) is 0. The minimum atomic E-state index is -0.213. The number of anilines is 1. The second-order valence-corrected chi connectivity index (χ2v) is 6.90. The minimum Gasteiger partial charge on any atom is -0.441 e. The first-order chi connectivity index (χ1) is 11.2. The second kappa shape index (κ2) is 7.25. The molecular formula is C17H22N2O3S. The number of nitrogens with zero attached hydrogens (tertiary/aromatic N) is 2. The quantitative estimate of drug-likeness (QED) is 0.776. The molecule has 0 aromatic carbocycles. The maximum atomic E-state index is 12.2. The van der Waals surface area contributed by atoms with Crippen LogP contribution < -0.4 is 4.90 Å². The topological polar surface area (TPSA) is 53.8 Å². The fraction of sp³-hybridized carbons (Fsp3) is 0.529. The number of hydrogen-bond acceptors (Lipinski definition) is 5. The Morgan fingerprint density at radius 2 is 1.91 bits per heavy atom. The largest absolute Gasteiger partial charge is 0.441 e. The van der Waals surface area contributed by atoms with Crippen molar-refractivity contribution in [3.63, 3.8) is 0 Å². The maximum Gasteiger partial charge on any atom is 0.293 e. The number of carbonyl (C=O) groups is 2. The van der Waals surface area contributed by atoms with Crippen molar-refractivity contribution in [1.82, 2.24) is 4.90 Å². The Bertz CT molecular complexity index is 615. The van der Waals surface area contributed by atoms with E-state index in [1.807, 2.05) is 19.1 Å². The van der Waals surface area contributed by atoms with Crippen LogP contribution >= 0.6 is 11.8 Å². The molecule has 0 bridgehead atoms. The van der Waals surface area contributed by atoms with Crippen LogP contribution in [0.5, 0.6) is 0 Å². The summed E-state index contributed by atoms with van der Waals surface area (Å²) in [5.41, 5.74) is 0. The van der Waals surface area contributed by atoms with Gasteiger partial charge in [-0.1, -0.05) is 19.8 Å². The fourth-order valence-electron chi connectivity index (χ4n) is 2.93. The predicted octanol–water partition coefficient (Wildman–Crippen LogP) is 4.11. The Hall–Kier alpha value is -1.69. The van der Waals surface area contributed by atoms with Gasteiger partial charge in [0.1, 0.15) is 5.76 Å². The maximum absolute atomic E-state index is 12.2. The lowest BCUT2D eigenvalue weighted by molar-refractivity contribution is -0.122. The van der Waals surface area contributed by atoms with E-state index in [0.29, 0.717) is 17.2 Å². The molecule has 0 aliphatic carbocycles. The highest BCUT2D eigenvalue weighted by Gasteiger charge is 2.34. The zero-order valence-corrected chi connectivity index (χ0v) is 14.2. The van der Waals surface area contributed by atoms with Crippen molar-refractivity contribution in [3.8, 4) is 0 Å². The number of thioether (sulfide) groups is 1. The molecule has 1 aromatic heterocycles. The smallest absolute Gasteiger partial charge is 0.293 e. The summed E-state index contributed by atoms with van der Waals surface area (Å²) in [6.45, 7) is 4.45. The molecule has 3 heterocycles. The first kappa shape index (κ1) is 16.2. The summed E-state index contributed by atoms with van der Waals surface area (Å²) in [5, 5.41) is -0.192. The van der Waals surface area contributed by atoms with Gasteiger partial charge >= 0.3 is 0 Å². The molecule has 0 atom stereocenters. The normalized spacial score (nSPS) is 21.3. The third kappa shape index (κ3) is 3.63. The first-order valence-corrected chi connectivity index (χ1v) is 9.11. The summed E-state index contributed by atoms with van der Waals surface area (Å²) in [5.74, 6) is 1.27. The Kier molecular flexibility index (Phi) is 5.10. The van der Waals surface area contributed by atoms with Crippen LogP contribution in [0.2, 0.25) is 0 Å². The SMILES string of the molecule is CCCN1C(=O)S/C(=C/c2ccc(N3CCCCCC3)o2)C1=O. The van der Waals surface area contributed by atoms with Crippen LogP contribution in [0.15, 0.2) is 21.5 Å². The molecule has 0 N–H and O–H groups in total. The first-order valence-electron chi connectivity index (χ1n) is 8.29. The van der Waals surface area contributed by atoms with E-state index in [1.54, 1.807) is 6.08 Å². The van der Waals surface area contributed by atoms with E-state index in [1.165, 1.54) is 30.6 Å². The van der Waals surface area contributed by atoms with Gasteiger partial charge in [-0.3, -0.25) is 14.5 Å². The Morgan fingerprint density at radius 3 is 2.61 bits per heavy atom. The molecular weight excluding hydrogens is 312 g/mol. The molecule has 3 rings (SSSR count). The second-order valence-electron chi connectivity index (χ2n) is 5.91. The molecule has 2 aliphatic rings. The van der Waals surface area contributed by atoms with Crippen LogP contribution in [0, 0.1) is 0 Å². The van der Waals surface area contributed by atoms with Gasteiger partial charge in [0.15, 0.2) is 5.88 Å². The third-order valence-electron chi connectivity index (χ3n) is 4.12. The molecule has 1 aromatic rings. The van der Waals surface area contributed by atoms with E-state index in [4.69, 9.17) is 4.42 Å². The Balaban J connectivity index is 1.73. The molecule has 6 heteroatoms. The van der Waals surface area contributed by atoms with Crippen molar-refractivity contribution < 1.29 is 14.0 Å². The average molecular weight is 334 g/mol. The monoisotopic (exact) mass is 334 g/mol. The summed E-state index contributed by atoms with van der Waals surface area (Å²) in [7, 11) is 0. The molecule has 2 aliphatic heterocycles. The number of carbonyl (C=O) groups excluding carboxylic acids is 2. The molecule has 0 unspecified atom stereocenters. The lowest BCUT2D eigenvalue weighted by atomic mass is 10.2. The molecule has 0 saturated carbocycles. The molecule has 0 spiro atoms. The Morgan fingerprint density at radius 1 is 1.17 bits per heavy atom. The number of imide groups is 1. The minimum absolute atomic E-state index is 0.192. The fourth-order valence-corrected chi connectivity index (χ4v) is 3.77. The van der Waals surface area contributed by atoms with E-state index in [-0.39, 0.29) is 11.1 Å². The summed E-state index contributed by atoms with van der Waals surface area (Å²) >= 11 is 0.990. The van der Waals surface area contributed by atoms with E-state index >= 15 is 0 Å². The molecule has 23 heavy (non-hydrogen) atoms. The molecule has 124 valence electrons. The van der Waals surface area contributed by atoms with Crippen molar-refractivity contribution >= 4 is 34.9 Å². The van der Waals surface area contributed by atoms with Gasteiger partial charge in [-0.15, -0.1) is 0 Å². The van der Waals surface area contributed by atoms with Gasteiger partial charge in [0.05, 0.1) is 4.91 Å². The average Bonchev–Trinajstić information content (AvgIpc) is 2.97. The van der Waals surface area contributed by atoms with E-state index in [2.05, 4.69) is 4.90 Å². The van der Waals surface area contributed by atoms with Crippen molar-refractivity contribution in [2.45, 2.75) is 39.0 Å². The number of furan rings is 1. The third-order valence-corrected chi connectivity index (χ3v) is 5.03. The summed E-state index contributed by atoms with van der Waals surface area (Å²) in [6, 6.07) is 3.82. The van der Waals surface area contributed by atoms with Crippen molar-refractivity contribution in [1.29, 1.82) is 0 Å². The molecule has 0 radical (unpaired) electrons. The lowest BCUT2D eigenvalue weighted by Gasteiger charge is -2.18. The molecule has 2 saturated heterocycles. The van der Waals surface area contributed by atoms with Crippen LogP contribution in [0.4, 0.5) is 10.7 Å². The van der Waals surface area contributed by atoms with Gasteiger partial charge in [-0.2, -0.15) is 0 Å². The zero-order valence-electron chi connectivity index (χ0n) is 13.4. The molecule has 2 amide bonds. The van der Waals surface area contributed by atoms with E-state index in [9.17, 15) is 9.59 Å². The van der Waals surface area contributed by atoms with Gasteiger partial charge in [0, 0.05) is 31.8 Å². The molecule has 2 fully saturated rings. The van der Waals surface area contributed by atoms with E-state index < -0.39 is 0 Å². The van der Waals surface area contributed by atoms with Crippen molar-refractivity contribution in [3.05, 3.63) is 22.8 Å².